The highest BCUT2D eigenvalue weighted by Crippen LogP contribution is 2.10. The minimum atomic E-state index is -0.477. The molecule has 19 heavy (non-hydrogen) atoms. The molecule has 1 rings (SSSR count). The van der Waals surface area contributed by atoms with Crippen LogP contribution in [-0.4, -0.2) is 18.2 Å². The van der Waals surface area contributed by atoms with E-state index < -0.39 is 11.7 Å². The summed E-state index contributed by atoms with van der Waals surface area (Å²) in [5.41, 5.74) is 3.94. The molecule has 1 aromatic carbocycles. The van der Waals surface area contributed by atoms with Crippen LogP contribution in [0.1, 0.15) is 26.3 Å². The summed E-state index contributed by atoms with van der Waals surface area (Å²) in [4.78, 5) is 11.4. The van der Waals surface area contributed by atoms with E-state index in [2.05, 4.69) is 10.7 Å². The molecule has 0 unspecified atom stereocenters. The molecule has 0 saturated heterocycles. The molecule has 0 fully saturated rings. The maximum atomic E-state index is 11.4. The molecule has 0 aromatic heterocycles. The lowest BCUT2D eigenvalue weighted by Crippen LogP contribution is -2.32. The Balaban J connectivity index is 2.40. The second-order valence-corrected chi connectivity index (χ2v) is 5.05. The topological polar surface area (TPSA) is 76.4 Å². The number of amides is 1. The van der Waals surface area contributed by atoms with E-state index in [1.807, 2.05) is 57.2 Å². The van der Waals surface area contributed by atoms with Crippen LogP contribution in [0.5, 0.6) is 0 Å². The molecule has 0 saturated carbocycles. The van der Waals surface area contributed by atoms with Crippen LogP contribution in [0, 0.1) is 0 Å². The smallest absolute Gasteiger partial charge is 0.407 e. The number of alkyl carbamates (subject to hydrolysis) is 1. The first-order valence-corrected chi connectivity index (χ1v) is 6.11. The molecule has 0 aliphatic carbocycles. The Morgan fingerprint density at radius 1 is 1.42 bits per heavy atom. The molecular weight excluding hydrogens is 242 g/mol. The molecular formula is C14H21N3O2. The fourth-order valence-electron chi connectivity index (χ4n) is 1.38. The fraction of sp³-hybridized carbons (Fsp3) is 0.357. The van der Waals surface area contributed by atoms with Gasteiger partial charge in [-0.05, 0) is 38.5 Å². The number of carbonyl (C=O) groups is 1. The number of hydrazine groups is 1. The van der Waals surface area contributed by atoms with E-state index >= 15 is 0 Å². The number of anilines is 1. The summed E-state index contributed by atoms with van der Waals surface area (Å²) in [6.45, 7) is 5.89. The van der Waals surface area contributed by atoms with Crippen LogP contribution >= 0.6 is 0 Å². The van der Waals surface area contributed by atoms with Crippen LogP contribution in [0.3, 0.4) is 0 Å². The van der Waals surface area contributed by atoms with Gasteiger partial charge in [-0.25, -0.2) is 4.79 Å². The van der Waals surface area contributed by atoms with E-state index in [-0.39, 0.29) is 0 Å². The first kappa shape index (κ1) is 15.0. The molecule has 0 aliphatic rings. The number of ether oxygens (including phenoxy) is 1. The van der Waals surface area contributed by atoms with Gasteiger partial charge in [-0.3, -0.25) is 5.84 Å². The van der Waals surface area contributed by atoms with Crippen LogP contribution in [-0.2, 0) is 4.74 Å². The largest absolute Gasteiger partial charge is 0.444 e. The molecule has 0 heterocycles. The third kappa shape index (κ3) is 6.47. The van der Waals surface area contributed by atoms with Gasteiger partial charge < -0.3 is 15.5 Å². The Bertz CT molecular complexity index is 450. The molecule has 0 spiro atoms. The van der Waals surface area contributed by atoms with Gasteiger partial charge in [0.05, 0.1) is 0 Å². The molecule has 0 bridgehead atoms. The zero-order valence-electron chi connectivity index (χ0n) is 11.6. The molecule has 1 aromatic rings. The molecule has 0 atom stereocenters. The maximum Gasteiger partial charge on any atom is 0.407 e. The quantitative estimate of drug-likeness (QED) is 0.576. The minimum absolute atomic E-state index is 0.412. The average molecular weight is 263 g/mol. The van der Waals surface area contributed by atoms with Gasteiger partial charge in [-0.15, -0.1) is 0 Å². The van der Waals surface area contributed by atoms with Gasteiger partial charge in [0.15, 0.2) is 0 Å². The summed E-state index contributed by atoms with van der Waals surface area (Å²) in [5.74, 6) is 5.32. The van der Waals surface area contributed by atoms with Gasteiger partial charge in [0.2, 0.25) is 0 Å². The van der Waals surface area contributed by atoms with Crippen molar-refractivity contribution < 1.29 is 9.53 Å². The summed E-state index contributed by atoms with van der Waals surface area (Å²) in [5, 5.41) is 2.65. The van der Waals surface area contributed by atoms with Gasteiger partial charge in [-0.1, -0.05) is 24.3 Å². The minimum Gasteiger partial charge on any atom is -0.444 e. The Morgan fingerprint density at radius 3 is 2.79 bits per heavy atom. The third-order valence-electron chi connectivity index (χ3n) is 2.13. The first-order valence-electron chi connectivity index (χ1n) is 6.11. The standard InChI is InChI=1S/C14H21N3O2/c1-14(2,3)19-13(18)16-9-5-7-11-6-4-8-12(10-11)17-15/h4-8,10,17H,9,15H2,1-3H3,(H,16,18). The lowest BCUT2D eigenvalue weighted by Gasteiger charge is -2.19. The fourth-order valence-corrected chi connectivity index (χ4v) is 1.38. The third-order valence-corrected chi connectivity index (χ3v) is 2.13. The number of benzene rings is 1. The van der Waals surface area contributed by atoms with Crippen molar-refractivity contribution in [1.29, 1.82) is 0 Å². The van der Waals surface area contributed by atoms with Crippen molar-refractivity contribution in [3.63, 3.8) is 0 Å². The van der Waals surface area contributed by atoms with Gasteiger partial charge in [0.1, 0.15) is 5.60 Å². The molecule has 5 nitrogen and oxygen atoms in total. The monoisotopic (exact) mass is 263 g/mol. The molecule has 0 radical (unpaired) electrons. The second-order valence-electron chi connectivity index (χ2n) is 5.05. The highest BCUT2D eigenvalue weighted by Gasteiger charge is 2.14. The Hall–Kier alpha value is -2.01. The van der Waals surface area contributed by atoms with Crippen molar-refractivity contribution in [3.8, 4) is 0 Å². The van der Waals surface area contributed by atoms with Crippen LogP contribution in [0.25, 0.3) is 6.08 Å². The SMILES string of the molecule is CC(C)(C)OC(=O)NCC=Cc1cccc(NN)c1. The second kappa shape index (κ2) is 6.80. The van der Waals surface area contributed by atoms with Crippen molar-refractivity contribution in [2.24, 2.45) is 5.84 Å². The van der Waals surface area contributed by atoms with Crippen molar-refractivity contribution >= 4 is 17.9 Å². The van der Waals surface area contributed by atoms with Crippen molar-refractivity contribution in [2.45, 2.75) is 26.4 Å². The van der Waals surface area contributed by atoms with Crippen molar-refractivity contribution in [3.05, 3.63) is 35.9 Å². The average Bonchev–Trinajstić information content (AvgIpc) is 2.33. The van der Waals surface area contributed by atoms with E-state index in [1.165, 1.54) is 0 Å². The predicted octanol–water partition coefficient (Wildman–Crippen LogP) is 2.51. The summed E-state index contributed by atoms with van der Waals surface area (Å²) in [6, 6.07) is 7.63. The molecule has 5 heteroatoms. The van der Waals surface area contributed by atoms with Gasteiger partial charge >= 0.3 is 6.09 Å². The van der Waals surface area contributed by atoms with Crippen molar-refractivity contribution in [1.82, 2.24) is 5.32 Å². The predicted molar refractivity (Wildman–Crippen MR) is 77.5 cm³/mol. The summed E-state index contributed by atoms with van der Waals surface area (Å²) >= 11 is 0. The first-order chi connectivity index (χ1) is 8.90. The lowest BCUT2D eigenvalue weighted by atomic mass is 10.2. The zero-order chi connectivity index (χ0) is 14.3. The summed E-state index contributed by atoms with van der Waals surface area (Å²) in [7, 11) is 0. The summed E-state index contributed by atoms with van der Waals surface area (Å²) in [6.07, 6.45) is 3.33. The molecule has 4 N–H and O–H groups in total. The van der Waals surface area contributed by atoms with Crippen LogP contribution in [0.4, 0.5) is 10.5 Å². The molecule has 104 valence electrons. The van der Waals surface area contributed by atoms with E-state index in [0.717, 1.165) is 11.3 Å². The lowest BCUT2D eigenvalue weighted by molar-refractivity contribution is 0.0534. The highest BCUT2D eigenvalue weighted by atomic mass is 16.6. The van der Waals surface area contributed by atoms with Gasteiger partial charge in [-0.2, -0.15) is 0 Å². The number of nitrogens with one attached hydrogen (secondary N) is 2. The van der Waals surface area contributed by atoms with Crippen molar-refractivity contribution in [2.75, 3.05) is 12.0 Å². The number of nitrogen functional groups attached to an aromatic ring is 1. The Morgan fingerprint density at radius 2 is 2.16 bits per heavy atom. The molecule has 0 aliphatic heterocycles. The van der Waals surface area contributed by atoms with E-state index in [9.17, 15) is 4.79 Å². The number of carbonyl (C=O) groups excluding carboxylic acids is 1. The van der Waals surface area contributed by atoms with Gasteiger partial charge in [0, 0.05) is 12.2 Å². The van der Waals surface area contributed by atoms with Crippen LogP contribution < -0.4 is 16.6 Å². The number of hydrogen-bond donors (Lipinski definition) is 3. The Kier molecular flexibility index (Phi) is 5.38. The van der Waals surface area contributed by atoms with Crippen LogP contribution in [0.15, 0.2) is 30.3 Å². The maximum absolute atomic E-state index is 11.4. The number of rotatable bonds is 4. The summed E-state index contributed by atoms with van der Waals surface area (Å²) < 4.78 is 5.12. The molecule has 1 amide bonds. The Labute approximate surface area is 113 Å². The highest BCUT2D eigenvalue weighted by molar-refractivity contribution is 5.68. The van der Waals surface area contributed by atoms with Crippen LogP contribution in [0.2, 0.25) is 0 Å². The number of nitrogens with two attached hydrogens (primary N) is 1. The zero-order valence-corrected chi connectivity index (χ0v) is 11.6. The van der Waals surface area contributed by atoms with Gasteiger partial charge in [0.25, 0.3) is 0 Å². The van der Waals surface area contributed by atoms with E-state index in [0.29, 0.717) is 6.54 Å². The van der Waals surface area contributed by atoms with E-state index in [1.54, 1.807) is 0 Å². The normalized spacial score (nSPS) is 11.4. The van der Waals surface area contributed by atoms with E-state index in [4.69, 9.17) is 10.6 Å². The number of hydrogen-bond acceptors (Lipinski definition) is 4.